The van der Waals surface area contributed by atoms with Crippen molar-refractivity contribution in [3.63, 3.8) is 0 Å². The van der Waals surface area contributed by atoms with Crippen LogP contribution in [0.1, 0.15) is 54.7 Å². The van der Waals surface area contributed by atoms with Crippen molar-refractivity contribution in [1.82, 2.24) is 15.5 Å². The number of benzene rings is 3. The lowest BCUT2D eigenvalue weighted by Crippen LogP contribution is -2.63. The largest absolute Gasteiger partial charge is 0.480 e. The Hall–Kier alpha value is -4.17. The van der Waals surface area contributed by atoms with E-state index in [-0.39, 0.29) is 19.1 Å². The Morgan fingerprint density at radius 3 is 2.10 bits per heavy atom. The number of likely N-dealkylation sites (N-methyl/N-ethyl adjacent to an activating group) is 1. The molecule has 1 unspecified atom stereocenters. The number of hydrogen-bond donors (Lipinski definition) is 3. The van der Waals surface area contributed by atoms with Crippen molar-refractivity contribution in [3.8, 4) is 11.1 Å². The smallest absolute Gasteiger partial charge is 0.408 e. The van der Waals surface area contributed by atoms with Gasteiger partial charge in [-0.1, -0.05) is 98.1 Å². The number of carboxylic acid groups (broad SMARTS) is 1. The maximum Gasteiger partial charge on any atom is 0.408 e. The fourth-order valence-electron chi connectivity index (χ4n) is 6.15. The predicted molar refractivity (Wildman–Crippen MR) is 156 cm³/mol. The van der Waals surface area contributed by atoms with Crippen LogP contribution in [-0.4, -0.2) is 59.8 Å². The quantitative estimate of drug-likeness (QED) is 0.328. The normalized spacial score (nSPS) is 16.3. The SMILES string of the molecule is CN(Cc1ccccc1)CC(NC(=O)C1(NC(=O)OCC2c3ccccc3-c3ccccc32)CCCCC1)C(=O)O. The van der Waals surface area contributed by atoms with Crippen LogP contribution in [0.5, 0.6) is 0 Å². The van der Waals surface area contributed by atoms with Crippen molar-refractivity contribution < 1.29 is 24.2 Å². The number of nitrogens with zero attached hydrogens (tertiary/aromatic N) is 1. The van der Waals surface area contributed by atoms with Gasteiger partial charge in [0, 0.05) is 19.0 Å². The molecule has 0 saturated heterocycles. The molecule has 8 nitrogen and oxygen atoms in total. The number of alkyl carbamates (subject to hydrolysis) is 1. The molecule has 0 aliphatic heterocycles. The lowest BCUT2D eigenvalue weighted by atomic mass is 9.80. The number of ether oxygens (including phenoxy) is 1. The van der Waals surface area contributed by atoms with Crippen LogP contribution in [0, 0.1) is 0 Å². The highest BCUT2D eigenvalue weighted by Crippen LogP contribution is 2.44. The summed E-state index contributed by atoms with van der Waals surface area (Å²) in [6.07, 6.45) is 2.64. The van der Waals surface area contributed by atoms with E-state index >= 15 is 0 Å². The van der Waals surface area contributed by atoms with Crippen molar-refractivity contribution in [2.45, 2.75) is 56.1 Å². The standard InChI is InChI=1S/C33H37N3O5/c1-36(20-23-12-4-2-5-13-23)21-29(30(37)38)34-31(39)33(18-10-3-11-19-33)35-32(40)41-22-28-26-16-8-6-14-24(26)25-15-7-9-17-27(25)28/h2,4-9,12-17,28-29H,3,10-11,18-22H2,1H3,(H,34,39)(H,35,40)(H,37,38). The lowest BCUT2D eigenvalue weighted by Gasteiger charge is -2.37. The van der Waals surface area contributed by atoms with Crippen molar-refractivity contribution >= 4 is 18.0 Å². The van der Waals surface area contributed by atoms with Gasteiger partial charge < -0.3 is 20.5 Å². The highest BCUT2D eigenvalue weighted by molar-refractivity contribution is 5.93. The van der Waals surface area contributed by atoms with Gasteiger partial charge in [0.1, 0.15) is 18.2 Å². The van der Waals surface area contributed by atoms with Crippen LogP contribution in [0.3, 0.4) is 0 Å². The third kappa shape index (κ3) is 6.43. The molecular weight excluding hydrogens is 518 g/mol. The summed E-state index contributed by atoms with van der Waals surface area (Å²) in [5.41, 5.74) is 4.32. The number of nitrogens with one attached hydrogen (secondary N) is 2. The van der Waals surface area contributed by atoms with Gasteiger partial charge in [0.2, 0.25) is 5.91 Å². The summed E-state index contributed by atoms with van der Waals surface area (Å²) in [5.74, 6) is -1.70. The summed E-state index contributed by atoms with van der Waals surface area (Å²) < 4.78 is 5.75. The summed E-state index contributed by atoms with van der Waals surface area (Å²) in [4.78, 5) is 40.8. The van der Waals surface area contributed by atoms with E-state index in [9.17, 15) is 19.5 Å². The highest BCUT2D eigenvalue weighted by atomic mass is 16.5. The van der Waals surface area contributed by atoms with Crippen LogP contribution >= 0.6 is 0 Å². The van der Waals surface area contributed by atoms with Gasteiger partial charge in [-0.25, -0.2) is 9.59 Å². The summed E-state index contributed by atoms with van der Waals surface area (Å²) >= 11 is 0. The Balaban J connectivity index is 1.24. The Kier molecular flexibility index (Phi) is 8.69. The van der Waals surface area contributed by atoms with E-state index in [2.05, 4.69) is 34.9 Å². The number of fused-ring (bicyclic) bond motifs is 3. The Labute approximate surface area is 240 Å². The summed E-state index contributed by atoms with van der Waals surface area (Å²) in [5, 5.41) is 15.5. The van der Waals surface area contributed by atoms with E-state index < -0.39 is 29.6 Å². The zero-order valence-electron chi connectivity index (χ0n) is 23.3. The van der Waals surface area contributed by atoms with Crippen molar-refractivity contribution in [1.29, 1.82) is 0 Å². The molecule has 2 amide bonds. The minimum atomic E-state index is -1.22. The lowest BCUT2D eigenvalue weighted by molar-refractivity contribution is -0.143. The average Bonchev–Trinajstić information content (AvgIpc) is 3.30. The second kappa shape index (κ2) is 12.6. The molecule has 1 atom stereocenters. The minimum absolute atomic E-state index is 0.0965. The highest BCUT2D eigenvalue weighted by Gasteiger charge is 2.43. The minimum Gasteiger partial charge on any atom is -0.480 e. The number of carbonyl (C=O) groups is 3. The fourth-order valence-corrected chi connectivity index (χ4v) is 6.15. The predicted octanol–water partition coefficient (Wildman–Crippen LogP) is 4.93. The van der Waals surface area contributed by atoms with E-state index in [1.165, 1.54) is 0 Å². The van der Waals surface area contributed by atoms with Crippen LogP contribution in [-0.2, 0) is 20.9 Å². The molecule has 8 heteroatoms. The first-order valence-electron chi connectivity index (χ1n) is 14.3. The number of aliphatic carboxylic acids is 1. The average molecular weight is 556 g/mol. The molecule has 3 aromatic carbocycles. The molecule has 5 rings (SSSR count). The third-order valence-corrected chi connectivity index (χ3v) is 8.22. The van der Waals surface area contributed by atoms with Gasteiger partial charge in [0.25, 0.3) is 0 Å². The molecular formula is C33H37N3O5. The monoisotopic (exact) mass is 555 g/mol. The van der Waals surface area contributed by atoms with Crippen molar-refractivity contribution in [2.24, 2.45) is 0 Å². The Morgan fingerprint density at radius 1 is 0.902 bits per heavy atom. The number of rotatable bonds is 10. The topological polar surface area (TPSA) is 108 Å². The summed E-state index contributed by atoms with van der Waals surface area (Å²) in [7, 11) is 1.82. The molecule has 2 aliphatic carbocycles. The fraction of sp³-hybridized carbons (Fsp3) is 0.364. The molecule has 0 radical (unpaired) electrons. The first kappa shape index (κ1) is 28.4. The van der Waals surface area contributed by atoms with E-state index in [0.29, 0.717) is 19.4 Å². The zero-order chi connectivity index (χ0) is 28.8. The molecule has 0 bridgehead atoms. The van der Waals surface area contributed by atoms with Crippen LogP contribution in [0.15, 0.2) is 78.9 Å². The molecule has 0 aromatic heterocycles. The first-order valence-corrected chi connectivity index (χ1v) is 14.3. The van der Waals surface area contributed by atoms with Crippen molar-refractivity contribution in [3.05, 3.63) is 95.6 Å². The van der Waals surface area contributed by atoms with Crippen LogP contribution in [0.4, 0.5) is 4.79 Å². The number of amides is 2. The van der Waals surface area contributed by atoms with Crippen molar-refractivity contribution in [2.75, 3.05) is 20.2 Å². The third-order valence-electron chi connectivity index (χ3n) is 8.22. The molecule has 0 spiro atoms. The maximum atomic E-state index is 13.6. The van der Waals surface area contributed by atoms with Crippen LogP contribution < -0.4 is 10.6 Å². The molecule has 41 heavy (non-hydrogen) atoms. The number of carbonyl (C=O) groups excluding carboxylic acids is 2. The molecule has 1 fully saturated rings. The second-order valence-electron chi connectivity index (χ2n) is 11.1. The molecule has 3 N–H and O–H groups in total. The molecule has 3 aromatic rings. The number of carboxylic acids is 1. The molecule has 0 heterocycles. The van der Waals surface area contributed by atoms with Gasteiger partial charge in [0.05, 0.1) is 0 Å². The van der Waals surface area contributed by atoms with Gasteiger partial charge in [0.15, 0.2) is 0 Å². The van der Waals surface area contributed by atoms with E-state index in [0.717, 1.165) is 47.1 Å². The van der Waals surface area contributed by atoms with E-state index in [4.69, 9.17) is 4.74 Å². The zero-order valence-corrected chi connectivity index (χ0v) is 23.3. The molecule has 214 valence electrons. The van der Waals surface area contributed by atoms with Crippen LogP contribution in [0.25, 0.3) is 11.1 Å². The number of hydrogen-bond acceptors (Lipinski definition) is 5. The molecule has 1 saturated carbocycles. The van der Waals surface area contributed by atoms with Gasteiger partial charge in [-0.2, -0.15) is 0 Å². The summed E-state index contributed by atoms with van der Waals surface area (Å²) in [6.45, 7) is 0.806. The van der Waals surface area contributed by atoms with Gasteiger partial charge in [-0.15, -0.1) is 0 Å². The first-order chi connectivity index (χ1) is 19.9. The van der Waals surface area contributed by atoms with E-state index in [1.54, 1.807) is 0 Å². The molecule has 2 aliphatic rings. The summed E-state index contributed by atoms with van der Waals surface area (Å²) in [6, 6.07) is 24.8. The van der Waals surface area contributed by atoms with Gasteiger partial charge in [-0.3, -0.25) is 9.69 Å². The second-order valence-corrected chi connectivity index (χ2v) is 11.1. The van der Waals surface area contributed by atoms with Crippen LogP contribution in [0.2, 0.25) is 0 Å². The van der Waals surface area contributed by atoms with E-state index in [1.807, 2.05) is 66.5 Å². The van der Waals surface area contributed by atoms with Gasteiger partial charge >= 0.3 is 12.1 Å². The Bertz CT molecular complexity index is 1340. The maximum absolute atomic E-state index is 13.6. The Morgan fingerprint density at radius 2 is 1.49 bits per heavy atom. The van der Waals surface area contributed by atoms with Gasteiger partial charge in [-0.05, 0) is 47.7 Å².